The van der Waals surface area contributed by atoms with Gasteiger partial charge in [-0.1, -0.05) is 18.5 Å². The predicted molar refractivity (Wildman–Crippen MR) is 73.0 cm³/mol. The summed E-state index contributed by atoms with van der Waals surface area (Å²) in [5, 5.41) is 0.428. The highest BCUT2D eigenvalue weighted by atomic mass is 35.5. The third-order valence-electron chi connectivity index (χ3n) is 2.35. The average molecular weight is 277 g/mol. The number of rotatable bonds is 5. The molecule has 1 aromatic carbocycles. The molecular weight excluding hydrogens is 260 g/mol. The minimum atomic E-state index is -3.27. The zero-order valence-electron chi connectivity index (χ0n) is 9.98. The summed E-state index contributed by atoms with van der Waals surface area (Å²) < 4.78 is 25.4. The molecule has 0 bridgehead atoms. The lowest BCUT2D eigenvalue weighted by Gasteiger charge is -2.23. The number of hydrogen-bond donors (Lipinski definition) is 1. The smallest absolute Gasteiger partial charge is 0.235 e. The van der Waals surface area contributed by atoms with Crippen LogP contribution < -0.4 is 10.0 Å². The maximum Gasteiger partial charge on any atom is 0.235 e. The van der Waals surface area contributed by atoms with Crippen molar-refractivity contribution >= 4 is 33.0 Å². The summed E-state index contributed by atoms with van der Waals surface area (Å²) in [6, 6.07) is 4.85. The van der Waals surface area contributed by atoms with Crippen LogP contribution in [0.1, 0.15) is 20.3 Å². The van der Waals surface area contributed by atoms with Gasteiger partial charge in [0.25, 0.3) is 0 Å². The molecule has 0 saturated carbocycles. The monoisotopic (exact) mass is 276 g/mol. The third-order valence-corrected chi connectivity index (χ3v) is 4.76. The van der Waals surface area contributed by atoms with E-state index < -0.39 is 10.0 Å². The molecule has 0 aliphatic heterocycles. The van der Waals surface area contributed by atoms with E-state index in [-0.39, 0.29) is 5.75 Å². The van der Waals surface area contributed by atoms with E-state index in [1.807, 2.05) is 6.92 Å². The molecule has 6 heteroatoms. The Labute approximate surface area is 107 Å². The molecule has 0 amide bonds. The third kappa shape index (κ3) is 3.26. The SMILES string of the molecule is CCCS(=O)(=O)N(CC)c1ccc(Cl)c(N)c1. The quantitative estimate of drug-likeness (QED) is 0.841. The summed E-state index contributed by atoms with van der Waals surface area (Å²) in [5.74, 6) is 0.128. The lowest BCUT2D eigenvalue weighted by Crippen LogP contribution is -2.32. The van der Waals surface area contributed by atoms with Gasteiger partial charge < -0.3 is 5.73 Å². The van der Waals surface area contributed by atoms with Gasteiger partial charge in [-0.05, 0) is 31.5 Å². The summed E-state index contributed by atoms with van der Waals surface area (Å²) >= 11 is 5.81. The van der Waals surface area contributed by atoms with Crippen LogP contribution in [-0.4, -0.2) is 20.7 Å². The van der Waals surface area contributed by atoms with Crippen LogP contribution in [0, 0.1) is 0 Å². The highest BCUT2D eigenvalue weighted by molar-refractivity contribution is 7.92. The van der Waals surface area contributed by atoms with Crippen molar-refractivity contribution in [2.24, 2.45) is 0 Å². The van der Waals surface area contributed by atoms with E-state index in [2.05, 4.69) is 0 Å². The molecule has 4 nitrogen and oxygen atoms in total. The highest BCUT2D eigenvalue weighted by Crippen LogP contribution is 2.26. The van der Waals surface area contributed by atoms with Gasteiger partial charge in [-0.25, -0.2) is 8.42 Å². The first-order valence-corrected chi connectivity index (χ1v) is 7.46. The van der Waals surface area contributed by atoms with Crippen molar-refractivity contribution < 1.29 is 8.42 Å². The Balaban J connectivity index is 3.14. The van der Waals surface area contributed by atoms with Crippen molar-refractivity contribution in [3.63, 3.8) is 0 Å². The Morgan fingerprint density at radius 2 is 2.00 bits per heavy atom. The molecular formula is C11H17ClN2O2S. The fourth-order valence-electron chi connectivity index (χ4n) is 1.59. The number of sulfonamides is 1. The van der Waals surface area contributed by atoms with Crippen molar-refractivity contribution in [1.82, 2.24) is 0 Å². The molecule has 0 radical (unpaired) electrons. The minimum Gasteiger partial charge on any atom is -0.397 e. The molecule has 0 unspecified atom stereocenters. The summed E-state index contributed by atoms with van der Waals surface area (Å²) in [6.45, 7) is 4.00. The van der Waals surface area contributed by atoms with Crippen molar-refractivity contribution in [3.8, 4) is 0 Å². The summed E-state index contributed by atoms with van der Waals surface area (Å²) in [5.41, 5.74) is 6.62. The van der Waals surface area contributed by atoms with Crippen LogP contribution in [0.2, 0.25) is 5.02 Å². The number of benzene rings is 1. The topological polar surface area (TPSA) is 63.4 Å². The average Bonchev–Trinajstić information content (AvgIpc) is 2.23. The van der Waals surface area contributed by atoms with E-state index in [0.717, 1.165) is 0 Å². The van der Waals surface area contributed by atoms with Gasteiger partial charge in [0.05, 0.1) is 22.2 Å². The van der Waals surface area contributed by atoms with Crippen LogP contribution in [0.3, 0.4) is 0 Å². The molecule has 0 spiro atoms. The normalized spacial score (nSPS) is 11.5. The molecule has 0 fully saturated rings. The van der Waals surface area contributed by atoms with Gasteiger partial charge in [-0.15, -0.1) is 0 Å². The van der Waals surface area contributed by atoms with Gasteiger partial charge in [0, 0.05) is 6.54 Å². The van der Waals surface area contributed by atoms with Gasteiger partial charge in [-0.3, -0.25) is 4.31 Å². The zero-order chi connectivity index (χ0) is 13.1. The second kappa shape index (κ2) is 5.60. The lowest BCUT2D eigenvalue weighted by atomic mass is 10.3. The van der Waals surface area contributed by atoms with Crippen LogP contribution in [-0.2, 0) is 10.0 Å². The number of nitrogens with zero attached hydrogens (tertiary/aromatic N) is 1. The van der Waals surface area contributed by atoms with Crippen LogP contribution in [0.25, 0.3) is 0 Å². The standard InChI is InChI=1S/C11H17ClN2O2S/c1-3-7-17(15,16)14(4-2)9-5-6-10(12)11(13)8-9/h5-6,8H,3-4,7,13H2,1-2H3. The Morgan fingerprint density at radius 1 is 1.35 bits per heavy atom. The molecule has 96 valence electrons. The van der Waals surface area contributed by atoms with E-state index >= 15 is 0 Å². The highest BCUT2D eigenvalue weighted by Gasteiger charge is 2.20. The van der Waals surface area contributed by atoms with Crippen molar-refractivity contribution in [2.45, 2.75) is 20.3 Å². The largest absolute Gasteiger partial charge is 0.397 e. The first-order chi connectivity index (χ1) is 7.92. The maximum absolute atomic E-state index is 12.0. The van der Waals surface area contributed by atoms with E-state index in [1.54, 1.807) is 25.1 Å². The molecule has 1 aromatic rings. The van der Waals surface area contributed by atoms with Gasteiger partial charge in [0.2, 0.25) is 10.0 Å². The fourth-order valence-corrected chi connectivity index (χ4v) is 3.28. The lowest BCUT2D eigenvalue weighted by molar-refractivity contribution is 0.590. The Kier molecular flexibility index (Phi) is 4.65. The van der Waals surface area contributed by atoms with Gasteiger partial charge in [0.15, 0.2) is 0 Å². The number of halogens is 1. The van der Waals surface area contributed by atoms with Crippen LogP contribution in [0.15, 0.2) is 18.2 Å². The number of nitrogens with two attached hydrogens (primary N) is 1. The van der Waals surface area contributed by atoms with Gasteiger partial charge in [0.1, 0.15) is 0 Å². The van der Waals surface area contributed by atoms with E-state index in [9.17, 15) is 8.42 Å². The van der Waals surface area contributed by atoms with Crippen molar-refractivity contribution in [1.29, 1.82) is 0 Å². The van der Waals surface area contributed by atoms with E-state index in [0.29, 0.717) is 29.4 Å². The second-order valence-electron chi connectivity index (χ2n) is 3.69. The second-order valence-corrected chi connectivity index (χ2v) is 6.11. The first kappa shape index (κ1) is 14.1. The van der Waals surface area contributed by atoms with Crippen molar-refractivity contribution in [3.05, 3.63) is 23.2 Å². The molecule has 2 N–H and O–H groups in total. The number of hydrogen-bond acceptors (Lipinski definition) is 3. The molecule has 0 aliphatic rings. The van der Waals surface area contributed by atoms with E-state index in [4.69, 9.17) is 17.3 Å². The number of nitrogen functional groups attached to an aromatic ring is 1. The molecule has 0 aliphatic carbocycles. The Hall–Kier alpha value is -0.940. The maximum atomic E-state index is 12.0. The van der Waals surface area contributed by atoms with Gasteiger partial charge in [-0.2, -0.15) is 0 Å². The molecule has 0 saturated heterocycles. The summed E-state index contributed by atoms with van der Waals surface area (Å²) in [4.78, 5) is 0. The summed E-state index contributed by atoms with van der Waals surface area (Å²) in [6.07, 6.45) is 0.585. The van der Waals surface area contributed by atoms with Crippen LogP contribution in [0.4, 0.5) is 11.4 Å². The van der Waals surface area contributed by atoms with Crippen molar-refractivity contribution in [2.75, 3.05) is 22.3 Å². The summed E-state index contributed by atoms with van der Waals surface area (Å²) in [7, 11) is -3.27. The van der Waals surface area contributed by atoms with Gasteiger partial charge >= 0.3 is 0 Å². The Morgan fingerprint density at radius 3 is 2.47 bits per heavy atom. The van der Waals surface area contributed by atoms with E-state index in [1.165, 1.54) is 4.31 Å². The van der Waals surface area contributed by atoms with Crippen LogP contribution >= 0.6 is 11.6 Å². The van der Waals surface area contributed by atoms with Crippen LogP contribution in [0.5, 0.6) is 0 Å². The molecule has 0 aromatic heterocycles. The minimum absolute atomic E-state index is 0.128. The molecule has 17 heavy (non-hydrogen) atoms. The zero-order valence-corrected chi connectivity index (χ0v) is 11.6. The predicted octanol–water partition coefficient (Wildman–Crippen LogP) is 2.49. The Bertz CT molecular complexity index is 488. The number of anilines is 2. The molecule has 0 atom stereocenters. The molecule has 1 rings (SSSR count). The first-order valence-electron chi connectivity index (χ1n) is 5.47. The molecule has 0 heterocycles. The fraction of sp³-hybridized carbons (Fsp3) is 0.455.